The van der Waals surface area contributed by atoms with E-state index in [4.69, 9.17) is 16.3 Å². The normalized spacial score (nSPS) is 13.4. The van der Waals surface area contributed by atoms with Gasteiger partial charge in [-0.2, -0.15) is 10.1 Å². The first-order chi connectivity index (χ1) is 15.7. The lowest BCUT2D eigenvalue weighted by molar-refractivity contribution is 0.122. The summed E-state index contributed by atoms with van der Waals surface area (Å²) in [6.07, 6.45) is 4.35. The highest BCUT2D eigenvalue weighted by Gasteiger charge is 2.17. The second kappa shape index (κ2) is 11.9. The van der Waals surface area contributed by atoms with Gasteiger partial charge in [0.1, 0.15) is 0 Å². The van der Waals surface area contributed by atoms with Crippen molar-refractivity contribution in [2.24, 2.45) is 5.10 Å². The number of hydrogen-bond donors (Lipinski definition) is 2. The molecule has 0 bridgehead atoms. The van der Waals surface area contributed by atoms with E-state index in [1.807, 2.05) is 55.1 Å². The number of anilines is 4. The Hall–Kier alpha value is -3.30. The van der Waals surface area contributed by atoms with E-state index in [1.165, 1.54) is 6.21 Å². The van der Waals surface area contributed by atoms with Crippen molar-refractivity contribution in [3.8, 4) is 0 Å². The molecule has 1 aromatic carbocycles. The van der Waals surface area contributed by atoms with Gasteiger partial charge < -0.3 is 15.0 Å². The number of nitrogens with one attached hydrogen (secondary N) is 2. The fourth-order valence-electron chi connectivity index (χ4n) is 2.85. The van der Waals surface area contributed by atoms with E-state index in [2.05, 4.69) is 30.8 Å². The fourth-order valence-corrected chi connectivity index (χ4v) is 3.04. The first-order valence-corrected chi connectivity index (χ1v) is 10.7. The molecule has 3 heterocycles. The Morgan fingerprint density at radius 2 is 1.91 bits per heavy atom. The highest BCUT2D eigenvalue weighted by atomic mass is 35.5. The highest BCUT2D eigenvalue weighted by Crippen LogP contribution is 2.20. The van der Waals surface area contributed by atoms with Gasteiger partial charge in [-0.25, -0.2) is 14.8 Å². The average molecular weight is 458 g/mol. The van der Waals surface area contributed by atoms with Crippen LogP contribution in [-0.4, -0.2) is 47.5 Å². The molecule has 32 heavy (non-hydrogen) atoms. The van der Waals surface area contributed by atoms with Gasteiger partial charge in [-0.3, -0.25) is 4.98 Å². The number of ether oxygens (including phenoxy) is 1. The zero-order valence-electron chi connectivity index (χ0n) is 17.9. The van der Waals surface area contributed by atoms with Crippen molar-refractivity contribution < 1.29 is 9.13 Å². The largest absolute Gasteiger partial charge is 0.378 e. The van der Waals surface area contributed by atoms with E-state index in [-0.39, 0.29) is 11.8 Å². The topological polar surface area (TPSA) is 87.6 Å². The van der Waals surface area contributed by atoms with E-state index in [9.17, 15) is 4.39 Å². The molecule has 0 saturated carbocycles. The fraction of sp³-hybridized carbons (Fsp3) is 0.273. The smallest absolute Gasteiger partial charge is 0.245 e. The summed E-state index contributed by atoms with van der Waals surface area (Å²) in [5, 5.41) is 7.96. The zero-order valence-corrected chi connectivity index (χ0v) is 18.7. The van der Waals surface area contributed by atoms with Gasteiger partial charge >= 0.3 is 0 Å². The van der Waals surface area contributed by atoms with Gasteiger partial charge in [0.05, 0.1) is 43.2 Å². The van der Waals surface area contributed by atoms with Crippen LogP contribution in [0.25, 0.3) is 0 Å². The maximum Gasteiger partial charge on any atom is 0.245 e. The predicted octanol–water partition coefficient (Wildman–Crippen LogP) is 4.72. The Kier molecular flexibility index (Phi) is 8.70. The predicted molar refractivity (Wildman–Crippen MR) is 127 cm³/mol. The second-order valence-electron chi connectivity index (χ2n) is 6.44. The van der Waals surface area contributed by atoms with Crippen molar-refractivity contribution in [2.45, 2.75) is 13.8 Å². The minimum Gasteiger partial charge on any atom is -0.378 e. The van der Waals surface area contributed by atoms with Crippen LogP contribution in [0.3, 0.4) is 0 Å². The summed E-state index contributed by atoms with van der Waals surface area (Å²) >= 11 is 5.99. The molecule has 1 saturated heterocycles. The van der Waals surface area contributed by atoms with Crippen LogP contribution in [0, 0.1) is 5.82 Å². The second-order valence-corrected chi connectivity index (χ2v) is 6.88. The summed E-state index contributed by atoms with van der Waals surface area (Å²) in [5.74, 6) is -0.0372. The van der Waals surface area contributed by atoms with Crippen LogP contribution in [0.2, 0.25) is 5.02 Å². The molecule has 2 aromatic heterocycles. The molecule has 1 fully saturated rings. The molecule has 2 N–H and O–H groups in total. The summed E-state index contributed by atoms with van der Waals surface area (Å²) in [7, 11) is 0. The molecule has 10 heteroatoms. The molecule has 1 aliphatic heterocycles. The lowest BCUT2D eigenvalue weighted by Gasteiger charge is -2.27. The molecule has 0 amide bonds. The van der Waals surface area contributed by atoms with Crippen LogP contribution in [0.5, 0.6) is 0 Å². The number of aromatic nitrogens is 3. The molecule has 0 radical (unpaired) electrons. The Labute approximate surface area is 191 Å². The molecular formula is C22H25ClFN7O. The van der Waals surface area contributed by atoms with Crippen molar-refractivity contribution in [1.29, 1.82) is 0 Å². The molecule has 168 valence electrons. The van der Waals surface area contributed by atoms with Crippen LogP contribution < -0.4 is 15.6 Å². The summed E-state index contributed by atoms with van der Waals surface area (Å²) < 4.78 is 19.3. The lowest BCUT2D eigenvalue weighted by Crippen LogP contribution is -2.37. The van der Waals surface area contributed by atoms with Crippen LogP contribution in [0.4, 0.5) is 27.5 Å². The van der Waals surface area contributed by atoms with Gasteiger partial charge in [0.25, 0.3) is 0 Å². The van der Waals surface area contributed by atoms with Gasteiger partial charge in [-0.1, -0.05) is 31.5 Å². The zero-order chi connectivity index (χ0) is 22.8. The number of halogens is 2. The number of benzene rings is 1. The van der Waals surface area contributed by atoms with Gasteiger partial charge in [0.2, 0.25) is 5.95 Å². The first-order valence-electron chi connectivity index (χ1n) is 10.3. The number of nitrogens with zero attached hydrogens (tertiary/aromatic N) is 5. The number of pyridine rings is 1. The number of rotatable bonds is 6. The first kappa shape index (κ1) is 23.4. The van der Waals surface area contributed by atoms with Crippen molar-refractivity contribution >= 4 is 41.0 Å². The monoisotopic (exact) mass is 457 g/mol. The van der Waals surface area contributed by atoms with E-state index in [1.54, 1.807) is 6.20 Å². The van der Waals surface area contributed by atoms with Gasteiger partial charge in [0, 0.05) is 23.8 Å². The summed E-state index contributed by atoms with van der Waals surface area (Å²) in [6.45, 7) is 6.24. The van der Waals surface area contributed by atoms with Crippen LogP contribution >= 0.6 is 11.6 Å². The minimum absolute atomic E-state index is 0.202. The summed E-state index contributed by atoms with van der Waals surface area (Å²) in [4.78, 5) is 14.3. The van der Waals surface area contributed by atoms with Gasteiger partial charge in [-0.15, -0.1) is 0 Å². The Bertz CT molecular complexity index is 1030. The van der Waals surface area contributed by atoms with E-state index in [0.717, 1.165) is 17.6 Å². The Morgan fingerprint density at radius 3 is 2.62 bits per heavy atom. The average Bonchev–Trinajstić information content (AvgIpc) is 2.83. The molecule has 8 nitrogen and oxygen atoms in total. The van der Waals surface area contributed by atoms with Crippen LogP contribution in [-0.2, 0) is 4.74 Å². The SMILES string of the molecule is CC.Fc1cnc(N/N=C/c2ccc(Nc3cccc(Cl)c3)cn2)nc1N1CCOCC1. The molecule has 4 rings (SSSR count). The van der Waals surface area contributed by atoms with Crippen LogP contribution in [0.1, 0.15) is 19.5 Å². The van der Waals surface area contributed by atoms with Gasteiger partial charge in [-0.05, 0) is 30.3 Å². The van der Waals surface area contributed by atoms with Crippen molar-refractivity contribution in [3.05, 3.63) is 65.3 Å². The number of morpholine rings is 1. The standard InChI is InChI=1S/C20H19ClFN7O.C2H6/c21-14-2-1-3-15(10-14)26-17-5-4-16(23-11-17)12-25-28-20-24-13-18(22)19(27-20)29-6-8-30-9-7-29;1-2/h1-5,10-13,26H,6-9H2,(H,24,27,28);1-2H3/b25-12+;. The van der Waals surface area contributed by atoms with Crippen molar-refractivity contribution in [3.63, 3.8) is 0 Å². The van der Waals surface area contributed by atoms with Crippen molar-refractivity contribution in [1.82, 2.24) is 15.0 Å². The molecule has 3 aromatic rings. The minimum atomic E-state index is -0.476. The van der Waals surface area contributed by atoms with Gasteiger partial charge in [0.15, 0.2) is 11.6 Å². The molecule has 0 aliphatic carbocycles. The Morgan fingerprint density at radius 1 is 1.09 bits per heavy atom. The molecular weight excluding hydrogens is 433 g/mol. The maximum absolute atomic E-state index is 14.1. The van der Waals surface area contributed by atoms with Crippen molar-refractivity contribution in [2.75, 3.05) is 41.9 Å². The quantitative estimate of drug-likeness (QED) is 0.409. The Balaban J connectivity index is 0.00000141. The highest BCUT2D eigenvalue weighted by molar-refractivity contribution is 6.30. The molecule has 1 aliphatic rings. The molecule has 0 atom stereocenters. The maximum atomic E-state index is 14.1. The van der Waals surface area contributed by atoms with E-state index < -0.39 is 5.82 Å². The third-order valence-corrected chi connectivity index (χ3v) is 4.53. The number of hydrogen-bond acceptors (Lipinski definition) is 8. The van der Waals surface area contributed by atoms with Crippen LogP contribution in [0.15, 0.2) is 53.9 Å². The lowest BCUT2D eigenvalue weighted by atomic mass is 10.3. The third kappa shape index (κ3) is 6.60. The number of hydrazone groups is 1. The summed E-state index contributed by atoms with van der Waals surface area (Å²) in [6, 6.07) is 11.1. The van der Waals surface area contributed by atoms with E-state index in [0.29, 0.717) is 37.0 Å². The molecule has 0 spiro atoms. The van der Waals surface area contributed by atoms with E-state index >= 15 is 0 Å². The third-order valence-electron chi connectivity index (χ3n) is 4.30. The molecule has 0 unspecified atom stereocenters. The summed E-state index contributed by atoms with van der Waals surface area (Å²) in [5.41, 5.74) is 5.04.